The van der Waals surface area contributed by atoms with E-state index in [9.17, 15) is 9.59 Å². The van der Waals surface area contributed by atoms with Gasteiger partial charge in [-0.15, -0.1) is 0 Å². The second kappa shape index (κ2) is 17.4. The van der Waals surface area contributed by atoms with E-state index in [1.54, 1.807) is 0 Å². The fourth-order valence-electron chi connectivity index (χ4n) is 5.16. The number of ether oxygens (including phenoxy) is 2. The number of benzene rings is 3. The molecule has 2 atom stereocenters. The fraction of sp³-hybridized carbons (Fsp3) is 0.429. The van der Waals surface area contributed by atoms with Gasteiger partial charge in [0.1, 0.15) is 18.4 Å². The number of rotatable bonds is 16. The lowest BCUT2D eigenvalue weighted by molar-refractivity contribution is -0.133. The number of hydrogen-bond acceptors (Lipinski definition) is 6. The summed E-state index contributed by atoms with van der Waals surface area (Å²) in [6.07, 6.45) is 1.10. The van der Waals surface area contributed by atoms with Crippen LogP contribution in [0.5, 0.6) is 5.75 Å². The van der Waals surface area contributed by atoms with Crippen LogP contribution in [0.2, 0.25) is 0 Å². The zero-order valence-corrected chi connectivity index (χ0v) is 25.5. The van der Waals surface area contributed by atoms with Crippen LogP contribution in [-0.2, 0) is 33.9 Å². The Hall–Kier alpha value is -3.72. The molecular formula is C35H46N4O4. The lowest BCUT2D eigenvalue weighted by Gasteiger charge is -2.35. The van der Waals surface area contributed by atoms with Gasteiger partial charge in [0.15, 0.2) is 0 Å². The number of carbonyl (C=O) groups is 2. The van der Waals surface area contributed by atoms with E-state index in [4.69, 9.17) is 9.47 Å². The SMILES string of the molecule is CC(C)C[C@@H](C(=O)N[C@@H](Cc1ccc(OCc2ccccc2)cc1)C(=O)NCCNCc1ccccc1)N1CCOCC1. The number of nitrogens with zero attached hydrogens (tertiary/aromatic N) is 1. The molecule has 1 saturated heterocycles. The Morgan fingerprint density at radius 3 is 2.12 bits per heavy atom. The highest BCUT2D eigenvalue weighted by atomic mass is 16.5. The summed E-state index contributed by atoms with van der Waals surface area (Å²) in [6, 6.07) is 26.9. The van der Waals surface area contributed by atoms with Gasteiger partial charge in [-0.1, -0.05) is 86.6 Å². The first-order valence-electron chi connectivity index (χ1n) is 15.4. The van der Waals surface area contributed by atoms with Gasteiger partial charge in [0.05, 0.1) is 19.3 Å². The lowest BCUT2D eigenvalue weighted by Crippen LogP contribution is -2.56. The first-order chi connectivity index (χ1) is 21.0. The molecule has 1 heterocycles. The minimum absolute atomic E-state index is 0.110. The van der Waals surface area contributed by atoms with E-state index in [-0.39, 0.29) is 17.9 Å². The highest BCUT2D eigenvalue weighted by Crippen LogP contribution is 2.17. The molecule has 0 bridgehead atoms. The number of amides is 2. The smallest absolute Gasteiger partial charge is 0.242 e. The molecule has 3 N–H and O–H groups in total. The summed E-state index contributed by atoms with van der Waals surface area (Å²) in [5, 5.41) is 9.50. The van der Waals surface area contributed by atoms with Gasteiger partial charge in [-0.05, 0) is 41.2 Å². The Labute approximate surface area is 256 Å². The molecule has 230 valence electrons. The molecule has 8 heteroatoms. The third-order valence-corrected chi connectivity index (χ3v) is 7.50. The van der Waals surface area contributed by atoms with Crippen molar-refractivity contribution < 1.29 is 19.1 Å². The van der Waals surface area contributed by atoms with Crippen molar-refractivity contribution in [3.8, 4) is 5.75 Å². The summed E-state index contributed by atoms with van der Waals surface area (Å²) < 4.78 is 11.5. The number of nitrogens with one attached hydrogen (secondary N) is 3. The van der Waals surface area contributed by atoms with Crippen LogP contribution in [0.3, 0.4) is 0 Å². The van der Waals surface area contributed by atoms with Crippen molar-refractivity contribution in [2.75, 3.05) is 39.4 Å². The number of hydrogen-bond donors (Lipinski definition) is 3. The summed E-state index contributed by atoms with van der Waals surface area (Å²) in [7, 11) is 0. The van der Waals surface area contributed by atoms with Crippen molar-refractivity contribution >= 4 is 11.8 Å². The molecule has 0 unspecified atom stereocenters. The van der Waals surface area contributed by atoms with Gasteiger partial charge in [-0.25, -0.2) is 0 Å². The summed E-state index contributed by atoms with van der Waals surface area (Å²) in [4.78, 5) is 29.3. The monoisotopic (exact) mass is 586 g/mol. The standard InChI is InChI=1S/C35H46N4O4/c1-27(2)23-33(39-19-21-42-22-20-39)35(41)38-32(34(40)37-18-17-36-25-29-9-5-3-6-10-29)24-28-13-15-31(16-14-28)43-26-30-11-7-4-8-12-30/h3-16,27,32-33,36H,17-26H2,1-2H3,(H,37,40)(H,38,41)/t32-,33-/m0/s1. The van der Waals surface area contributed by atoms with Crippen molar-refractivity contribution in [1.82, 2.24) is 20.9 Å². The minimum Gasteiger partial charge on any atom is -0.489 e. The molecular weight excluding hydrogens is 540 g/mol. The van der Waals surface area contributed by atoms with Crippen molar-refractivity contribution in [3.63, 3.8) is 0 Å². The predicted molar refractivity (Wildman–Crippen MR) is 170 cm³/mol. The van der Waals surface area contributed by atoms with E-state index in [2.05, 4.69) is 46.8 Å². The summed E-state index contributed by atoms with van der Waals surface area (Å²) >= 11 is 0. The molecule has 1 aliphatic rings. The predicted octanol–water partition coefficient (Wildman–Crippen LogP) is 3.95. The summed E-state index contributed by atoms with van der Waals surface area (Å²) in [5.41, 5.74) is 3.23. The van der Waals surface area contributed by atoms with Crippen LogP contribution < -0.4 is 20.7 Å². The number of carbonyl (C=O) groups excluding carboxylic acids is 2. The molecule has 43 heavy (non-hydrogen) atoms. The largest absolute Gasteiger partial charge is 0.489 e. The summed E-state index contributed by atoms with van der Waals surface area (Å²) in [6.45, 7) is 9.18. The maximum Gasteiger partial charge on any atom is 0.242 e. The zero-order valence-electron chi connectivity index (χ0n) is 25.5. The molecule has 1 fully saturated rings. The molecule has 3 aromatic carbocycles. The van der Waals surface area contributed by atoms with Gasteiger partial charge >= 0.3 is 0 Å². The first kappa shape index (κ1) is 32.2. The zero-order chi connectivity index (χ0) is 30.3. The normalized spacial score (nSPS) is 15.0. The molecule has 4 rings (SSSR count). The quantitative estimate of drug-likeness (QED) is 0.220. The van der Waals surface area contributed by atoms with E-state index < -0.39 is 6.04 Å². The molecule has 0 saturated carbocycles. The highest BCUT2D eigenvalue weighted by Gasteiger charge is 2.31. The van der Waals surface area contributed by atoms with Crippen molar-refractivity contribution in [2.45, 2.75) is 51.9 Å². The van der Waals surface area contributed by atoms with Gasteiger partial charge in [0.25, 0.3) is 0 Å². The molecule has 0 aromatic heterocycles. The van der Waals surface area contributed by atoms with Crippen LogP contribution in [0.1, 0.15) is 37.0 Å². The van der Waals surface area contributed by atoms with E-state index in [0.717, 1.165) is 29.8 Å². The van der Waals surface area contributed by atoms with Gasteiger partial charge in [-0.3, -0.25) is 14.5 Å². The lowest BCUT2D eigenvalue weighted by atomic mass is 9.99. The Kier molecular flexibility index (Phi) is 13.0. The molecule has 8 nitrogen and oxygen atoms in total. The minimum atomic E-state index is -0.701. The molecule has 1 aliphatic heterocycles. The van der Waals surface area contributed by atoms with Gasteiger partial charge < -0.3 is 25.4 Å². The third kappa shape index (κ3) is 11.1. The average molecular weight is 587 g/mol. The van der Waals surface area contributed by atoms with E-state index in [0.29, 0.717) is 58.3 Å². The van der Waals surface area contributed by atoms with E-state index in [1.165, 1.54) is 5.56 Å². The highest BCUT2D eigenvalue weighted by molar-refractivity contribution is 5.90. The van der Waals surface area contributed by atoms with Crippen LogP contribution in [-0.4, -0.2) is 68.2 Å². The van der Waals surface area contributed by atoms with Crippen LogP contribution >= 0.6 is 0 Å². The molecule has 0 aliphatic carbocycles. The van der Waals surface area contributed by atoms with Crippen molar-refractivity contribution in [3.05, 3.63) is 102 Å². The fourth-order valence-corrected chi connectivity index (χ4v) is 5.16. The topological polar surface area (TPSA) is 91.9 Å². The second-order valence-corrected chi connectivity index (χ2v) is 11.4. The molecule has 0 radical (unpaired) electrons. The van der Waals surface area contributed by atoms with E-state index >= 15 is 0 Å². The van der Waals surface area contributed by atoms with Crippen LogP contribution in [0, 0.1) is 5.92 Å². The van der Waals surface area contributed by atoms with Crippen molar-refractivity contribution in [2.24, 2.45) is 5.92 Å². The Bertz CT molecular complexity index is 1230. The maximum atomic E-state index is 13.7. The molecule has 2 amide bonds. The second-order valence-electron chi connectivity index (χ2n) is 11.4. The van der Waals surface area contributed by atoms with Gasteiger partial charge in [0, 0.05) is 39.1 Å². The van der Waals surface area contributed by atoms with Crippen molar-refractivity contribution in [1.29, 1.82) is 0 Å². The van der Waals surface area contributed by atoms with Crippen LogP contribution in [0.25, 0.3) is 0 Å². The van der Waals surface area contributed by atoms with Crippen LogP contribution in [0.15, 0.2) is 84.9 Å². The Balaban J connectivity index is 1.38. The summed E-state index contributed by atoms with van der Waals surface area (Å²) in [5.74, 6) is 0.793. The maximum absolute atomic E-state index is 13.7. The Morgan fingerprint density at radius 2 is 1.47 bits per heavy atom. The first-order valence-corrected chi connectivity index (χ1v) is 15.4. The van der Waals surface area contributed by atoms with Gasteiger partial charge in [0.2, 0.25) is 11.8 Å². The molecule has 0 spiro atoms. The van der Waals surface area contributed by atoms with E-state index in [1.807, 2.05) is 72.8 Å². The third-order valence-electron chi connectivity index (χ3n) is 7.50. The Morgan fingerprint density at radius 1 is 0.814 bits per heavy atom. The average Bonchev–Trinajstić information content (AvgIpc) is 3.04. The van der Waals surface area contributed by atoms with Crippen LogP contribution in [0.4, 0.5) is 0 Å². The number of morpholine rings is 1. The van der Waals surface area contributed by atoms with Gasteiger partial charge in [-0.2, -0.15) is 0 Å². The molecule has 3 aromatic rings.